The minimum absolute atomic E-state index is 0.0867. The van der Waals surface area contributed by atoms with Gasteiger partial charge in [-0.1, -0.05) is 32.4 Å². The van der Waals surface area contributed by atoms with Gasteiger partial charge in [-0.3, -0.25) is 0 Å². The summed E-state index contributed by atoms with van der Waals surface area (Å²) in [6, 6.07) is 3.93. The normalized spacial score (nSPS) is 11.2. The summed E-state index contributed by atoms with van der Waals surface area (Å²) in [6.07, 6.45) is 0. The number of rotatable bonds is 0. The molecule has 0 saturated heterocycles. The fraction of sp³-hybridized carbons (Fsp3) is 0.444. The number of nitriles is 1. The third kappa shape index (κ3) is 1.80. The van der Waals surface area contributed by atoms with Crippen molar-refractivity contribution in [1.82, 2.24) is 0 Å². The Labute approximate surface area is 81.6 Å². The summed E-state index contributed by atoms with van der Waals surface area (Å²) in [7, 11) is 0. The first-order valence-electron chi connectivity index (χ1n) is 3.65. The van der Waals surface area contributed by atoms with Crippen molar-refractivity contribution < 1.29 is 0 Å². The highest BCUT2D eigenvalue weighted by Crippen LogP contribution is 2.34. The molecule has 0 amide bonds. The Bertz CT molecular complexity index is 327. The van der Waals surface area contributed by atoms with Gasteiger partial charge in [-0.2, -0.15) is 5.26 Å². The molecule has 1 nitrogen and oxygen atoms in total. The fourth-order valence-electron chi connectivity index (χ4n) is 0.815. The Morgan fingerprint density at radius 3 is 2.33 bits per heavy atom. The molecule has 1 rings (SSSR count). The van der Waals surface area contributed by atoms with Crippen LogP contribution >= 0.6 is 22.9 Å². The summed E-state index contributed by atoms with van der Waals surface area (Å²) in [4.78, 5) is 1.16. The SMILES string of the molecule is CC(C)(C)c1cc(C#N)c(Cl)s1. The lowest BCUT2D eigenvalue weighted by atomic mass is 9.94. The van der Waals surface area contributed by atoms with Crippen molar-refractivity contribution in [2.75, 3.05) is 0 Å². The van der Waals surface area contributed by atoms with Crippen LogP contribution in [0.5, 0.6) is 0 Å². The van der Waals surface area contributed by atoms with Gasteiger partial charge < -0.3 is 0 Å². The number of hydrogen-bond acceptors (Lipinski definition) is 2. The average molecular weight is 200 g/mol. The molecule has 0 N–H and O–H groups in total. The van der Waals surface area contributed by atoms with Gasteiger partial charge in [-0.05, 0) is 11.5 Å². The van der Waals surface area contributed by atoms with E-state index < -0.39 is 0 Å². The van der Waals surface area contributed by atoms with Gasteiger partial charge in [-0.25, -0.2) is 0 Å². The highest BCUT2D eigenvalue weighted by molar-refractivity contribution is 7.16. The van der Waals surface area contributed by atoms with Gasteiger partial charge in [0.1, 0.15) is 10.4 Å². The zero-order chi connectivity index (χ0) is 9.35. The summed E-state index contributed by atoms with van der Waals surface area (Å²) >= 11 is 7.34. The first kappa shape index (κ1) is 9.57. The zero-order valence-electron chi connectivity index (χ0n) is 7.31. The van der Waals surface area contributed by atoms with Crippen LogP contribution in [0.4, 0.5) is 0 Å². The second-order valence-corrected chi connectivity index (χ2v) is 5.31. The molecule has 1 heterocycles. The standard InChI is InChI=1S/C9H10ClNS/c1-9(2,3)7-4-6(5-11)8(10)12-7/h4H,1-3H3. The molecule has 12 heavy (non-hydrogen) atoms. The van der Waals surface area contributed by atoms with E-state index in [9.17, 15) is 0 Å². The molecule has 64 valence electrons. The number of nitrogens with zero attached hydrogens (tertiary/aromatic N) is 1. The molecular formula is C9H10ClNS. The van der Waals surface area contributed by atoms with Gasteiger partial charge in [0, 0.05) is 4.88 Å². The Balaban J connectivity index is 3.16. The quantitative estimate of drug-likeness (QED) is 0.627. The van der Waals surface area contributed by atoms with Crippen molar-refractivity contribution in [2.45, 2.75) is 26.2 Å². The molecule has 0 atom stereocenters. The topological polar surface area (TPSA) is 23.8 Å². The van der Waals surface area contributed by atoms with Crippen LogP contribution in [0.25, 0.3) is 0 Å². The van der Waals surface area contributed by atoms with Crippen LogP contribution in [0.3, 0.4) is 0 Å². The third-order valence-corrected chi connectivity index (χ3v) is 3.33. The lowest BCUT2D eigenvalue weighted by Gasteiger charge is -2.14. The third-order valence-electron chi connectivity index (χ3n) is 1.55. The van der Waals surface area contributed by atoms with Gasteiger partial charge in [0.15, 0.2) is 0 Å². The molecule has 0 aromatic carbocycles. The highest BCUT2D eigenvalue weighted by atomic mass is 35.5. The van der Waals surface area contributed by atoms with Crippen LogP contribution in [0.2, 0.25) is 4.34 Å². The van der Waals surface area contributed by atoms with Crippen LogP contribution in [-0.4, -0.2) is 0 Å². The van der Waals surface area contributed by atoms with Crippen LogP contribution < -0.4 is 0 Å². The van der Waals surface area contributed by atoms with Gasteiger partial charge in [-0.15, -0.1) is 11.3 Å². The Morgan fingerprint density at radius 2 is 2.08 bits per heavy atom. The van der Waals surface area contributed by atoms with Crippen molar-refractivity contribution in [3.05, 3.63) is 20.8 Å². The van der Waals surface area contributed by atoms with Crippen molar-refractivity contribution in [3.8, 4) is 6.07 Å². The highest BCUT2D eigenvalue weighted by Gasteiger charge is 2.18. The van der Waals surface area contributed by atoms with Gasteiger partial charge in [0.05, 0.1) is 5.56 Å². The largest absolute Gasteiger partial charge is 0.192 e. The summed E-state index contributed by atoms with van der Waals surface area (Å²) in [6.45, 7) is 6.32. The van der Waals surface area contributed by atoms with Gasteiger partial charge >= 0.3 is 0 Å². The van der Waals surface area contributed by atoms with Crippen LogP contribution in [0.1, 0.15) is 31.2 Å². The molecular weight excluding hydrogens is 190 g/mol. The smallest absolute Gasteiger partial charge is 0.111 e. The van der Waals surface area contributed by atoms with E-state index >= 15 is 0 Å². The molecule has 0 aliphatic rings. The predicted molar refractivity (Wildman–Crippen MR) is 52.7 cm³/mol. The minimum Gasteiger partial charge on any atom is -0.192 e. The van der Waals surface area contributed by atoms with Crippen molar-refractivity contribution >= 4 is 22.9 Å². The second kappa shape index (κ2) is 3.08. The lowest BCUT2D eigenvalue weighted by molar-refractivity contribution is 0.604. The van der Waals surface area contributed by atoms with E-state index in [1.165, 1.54) is 11.3 Å². The summed E-state index contributed by atoms with van der Waals surface area (Å²) in [5.41, 5.74) is 0.676. The maximum absolute atomic E-state index is 8.67. The Kier molecular flexibility index (Phi) is 2.46. The van der Waals surface area contributed by atoms with Crippen LogP contribution in [0.15, 0.2) is 6.07 Å². The van der Waals surface area contributed by atoms with E-state index in [1.807, 2.05) is 6.07 Å². The van der Waals surface area contributed by atoms with E-state index in [0.29, 0.717) is 9.90 Å². The van der Waals surface area contributed by atoms with E-state index in [1.54, 1.807) is 0 Å². The average Bonchev–Trinajstić information content (AvgIpc) is 2.29. The molecule has 1 aromatic rings. The maximum Gasteiger partial charge on any atom is 0.111 e. The van der Waals surface area contributed by atoms with E-state index in [2.05, 4.69) is 26.8 Å². The molecule has 0 aliphatic heterocycles. The van der Waals surface area contributed by atoms with Crippen molar-refractivity contribution in [1.29, 1.82) is 5.26 Å². The fourth-order valence-corrected chi connectivity index (χ4v) is 2.05. The maximum atomic E-state index is 8.67. The molecule has 0 saturated carbocycles. The Hall–Kier alpha value is -0.520. The molecule has 0 fully saturated rings. The van der Waals surface area contributed by atoms with Gasteiger partial charge in [0.2, 0.25) is 0 Å². The summed E-state index contributed by atoms with van der Waals surface area (Å²) in [5, 5.41) is 8.67. The van der Waals surface area contributed by atoms with Gasteiger partial charge in [0.25, 0.3) is 0 Å². The monoisotopic (exact) mass is 199 g/mol. The molecule has 0 bridgehead atoms. The van der Waals surface area contributed by atoms with Crippen LogP contribution in [-0.2, 0) is 5.41 Å². The first-order valence-corrected chi connectivity index (χ1v) is 4.84. The number of halogens is 1. The van der Waals surface area contributed by atoms with E-state index in [4.69, 9.17) is 16.9 Å². The second-order valence-electron chi connectivity index (χ2n) is 3.66. The zero-order valence-corrected chi connectivity index (χ0v) is 8.88. The van der Waals surface area contributed by atoms with Crippen LogP contribution in [0, 0.1) is 11.3 Å². The van der Waals surface area contributed by atoms with Crippen molar-refractivity contribution in [2.24, 2.45) is 0 Å². The molecule has 3 heteroatoms. The predicted octanol–water partition coefficient (Wildman–Crippen LogP) is 3.57. The van der Waals surface area contributed by atoms with E-state index in [0.717, 1.165) is 4.88 Å². The molecule has 1 aromatic heterocycles. The summed E-state index contributed by atoms with van der Waals surface area (Å²) < 4.78 is 0.599. The van der Waals surface area contributed by atoms with Crippen molar-refractivity contribution in [3.63, 3.8) is 0 Å². The molecule has 0 radical (unpaired) electrons. The first-order chi connectivity index (χ1) is 5.45. The molecule has 0 aliphatic carbocycles. The summed E-state index contributed by atoms with van der Waals surface area (Å²) in [5.74, 6) is 0. The van der Waals surface area contributed by atoms with E-state index in [-0.39, 0.29) is 5.41 Å². The lowest BCUT2D eigenvalue weighted by Crippen LogP contribution is -2.07. The molecule has 0 unspecified atom stereocenters. The number of thiophene rings is 1. The number of hydrogen-bond donors (Lipinski definition) is 0. The molecule has 0 spiro atoms. The Morgan fingerprint density at radius 1 is 1.50 bits per heavy atom. The minimum atomic E-state index is 0.0867.